The fraction of sp³-hybridized carbons (Fsp3) is 0.500. The van der Waals surface area contributed by atoms with E-state index in [1.54, 1.807) is 0 Å². The number of carbonyl (C=O) groups is 1. The second kappa shape index (κ2) is 8.21. The lowest BCUT2D eigenvalue weighted by atomic mass is 10.1. The molecule has 1 aliphatic heterocycles. The number of likely N-dealkylation sites (tertiary alicyclic amines) is 1. The van der Waals surface area contributed by atoms with Gasteiger partial charge in [0.1, 0.15) is 6.54 Å². The molecule has 7 nitrogen and oxygen atoms in total. The zero-order chi connectivity index (χ0) is 16.2. The molecule has 1 aromatic heterocycles. The van der Waals surface area contributed by atoms with Crippen LogP contribution in [0.25, 0.3) is 11.4 Å². The number of aromatic nitrogens is 4. The normalized spacial score (nSPS) is 15.2. The van der Waals surface area contributed by atoms with Gasteiger partial charge in [0, 0.05) is 24.7 Å². The predicted molar refractivity (Wildman–Crippen MR) is 93.9 cm³/mol. The van der Waals surface area contributed by atoms with Gasteiger partial charge in [0.15, 0.2) is 0 Å². The Balaban J connectivity index is 0.00000208. The first-order chi connectivity index (χ1) is 11.2. The molecule has 0 aliphatic carbocycles. The molecule has 0 saturated carbocycles. The van der Waals surface area contributed by atoms with Crippen molar-refractivity contribution in [1.29, 1.82) is 0 Å². The van der Waals surface area contributed by atoms with E-state index in [1.807, 2.05) is 43.1 Å². The maximum atomic E-state index is 12.3. The van der Waals surface area contributed by atoms with Crippen LogP contribution in [-0.4, -0.2) is 57.2 Å². The number of piperidine rings is 1. The van der Waals surface area contributed by atoms with Gasteiger partial charge in [-0.05, 0) is 32.0 Å². The summed E-state index contributed by atoms with van der Waals surface area (Å²) in [6.45, 7) is 3.74. The minimum atomic E-state index is 0. The first-order valence-corrected chi connectivity index (χ1v) is 7.95. The summed E-state index contributed by atoms with van der Waals surface area (Å²) in [4.78, 5) is 15.6. The molecule has 2 heterocycles. The Morgan fingerprint density at radius 2 is 1.92 bits per heavy atom. The summed E-state index contributed by atoms with van der Waals surface area (Å²) in [6, 6.07) is 8.44. The van der Waals surface area contributed by atoms with E-state index in [2.05, 4.69) is 20.7 Å². The summed E-state index contributed by atoms with van der Waals surface area (Å²) in [7, 11) is 1.97. The lowest BCUT2D eigenvalue weighted by molar-refractivity contribution is -0.133. The summed E-state index contributed by atoms with van der Waals surface area (Å²) in [5.41, 5.74) is 2.09. The van der Waals surface area contributed by atoms with Crippen molar-refractivity contribution in [2.24, 2.45) is 0 Å². The Kier molecular flexibility index (Phi) is 6.28. The van der Waals surface area contributed by atoms with E-state index < -0.39 is 0 Å². The van der Waals surface area contributed by atoms with Gasteiger partial charge < -0.3 is 10.2 Å². The van der Waals surface area contributed by atoms with Crippen LogP contribution in [0.5, 0.6) is 0 Å². The molecule has 1 amide bonds. The van der Waals surface area contributed by atoms with Crippen LogP contribution in [0.15, 0.2) is 24.3 Å². The molecule has 1 saturated heterocycles. The summed E-state index contributed by atoms with van der Waals surface area (Å²) in [5, 5.41) is 15.6. The van der Waals surface area contributed by atoms with Crippen LogP contribution in [-0.2, 0) is 11.3 Å². The van der Waals surface area contributed by atoms with Gasteiger partial charge in [-0.1, -0.05) is 29.8 Å². The van der Waals surface area contributed by atoms with E-state index in [4.69, 9.17) is 0 Å². The highest BCUT2D eigenvalue weighted by molar-refractivity contribution is 5.85. The Morgan fingerprint density at radius 1 is 1.25 bits per heavy atom. The number of hydrogen-bond acceptors (Lipinski definition) is 5. The second-order valence-electron chi connectivity index (χ2n) is 5.95. The van der Waals surface area contributed by atoms with E-state index in [1.165, 1.54) is 10.4 Å². The fourth-order valence-corrected chi connectivity index (χ4v) is 2.77. The third-order valence-electron chi connectivity index (χ3n) is 4.30. The first kappa shape index (κ1) is 18.4. The van der Waals surface area contributed by atoms with Crippen molar-refractivity contribution >= 4 is 18.3 Å². The van der Waals surface area contributed by atoms with Crippen molar-refractivity contribution in [2.45, 2.75) is 32.4 Å². The average Bonchev–Trinajstić information content (AvgIpc) is 3.04. The standard InChI is InChI=1S/C16H22N6O.ClH/c1-12-3-5-13(6-4-12)16-18-20-22(19-16)11-15(23)21-9-7-14(17-2)8-10-21;/h3-6,14,17H,7-11H2,1-2H3;1H. The van der Waals surface area contributed by atoms with E-state index in [0.717, 1.165) is 31.5 Å². The zero-order valence-corrected chi connectivity index (χ0v) is 14.8. The fourth-order valence-electron chi connectivity index (χ4n) is 2.77. The molecule has 1 aliphatic rings. The molecule has 0 radical (unpaired) electrons. The van der Waals surface area contributed by atoms with Gasteiger partial charge in [0.2, 0.25) is 11.7 Å². The van der Waals surface area contributed by atoms with Crippen molar-refractivity contribution < 1.29 is 4.79 Å². The van der Waals surface area contributed by atoms with Crippen molar-refractivity contribution in [3.63, 3.8) is 0 Å². The van der Waals surface area contributed by atoms with Crippen molar-refractivity contribution in [3.05, 3.63) is 29.8 Å². The first-order valence-electron chi connectivity index (χ1n) is 7.95. The number of rotatable bonds is 4. The van der Waals surface area contributed by atoms with E-state index in [-0.39, 0.29) is 24.9 Å². The quantitative estimate of drug-likeness (QED) is 0.899. The van der Waals surface area contributed by atoms with E-state index >= 15 is 0 Å². The lowest BCUT2D eigenvalue weighted by Crippen LogP contribution is -2.45. The number of nitrogens with zero attached hydrogens (tertiary/aromatic N) is 5. The number of aryl methyl sites for hydroxylation is 1. The lowest BCUT2D eigenvalue weighted by Gasteiger charge is -2.31. The minimum absolute atomic E-state index is 0. The topological polar surface area (TPSA) is 75.9 Å². The molecule has 24 heavy (non-hydrogen) atoms. The predicted octanol–water partition coefficient (Wildman–Crippen LogP) is 1.28. The Bertz CT molecular complexity index is 663. The number of carbonyl (C=O) groups excluding carboxylic acids is 1. The molecule has 1 aromatic carbocycles. The molecule has 0 unspecified atom stereocenters. The van der Waals surface area contributed by atoms with Gasteiger partial charge in [-0.15, -0.1) is 22.6 Å². The SMILES string of the molecule is CNC1CCN(C(=O)Cn2nnc(-c3ccc(C)cc3)n2)CC1.Cl. The molecule has 1 fully saturated rings. The van der Waals surface area contributed by atoms with Gasteiger partial charge in [0.05, 0.1) is 0 Å². The van der Waals surface area contributed by atoms with E-state index in [0.29, 0.717) is 11.9 Å². The third-order valence-corrected chi connectivity index (χ3v) is 4.30. The number of hydrogen-bond donors (Lipinski definition) is 1. The molecule has 0 atom stereocenters. The molecule has 0 bridgehead atoms. The van der Waals surface area contributed by atoms with Crippen LogP contribution < -0.4 is 5.32 Å². The van der Waals surface area contributed by atoms with Gasteiger partial charge in [-0.2, -0.15) is 4.80 Å². The third kappa shape index (κ3) is 4.30. The number of nitrogens with one attached hydrogen (secondary N) is 1. The van der Waals surface area contributed by atoms with Crippen molar-refractivity contribution in [3.8, 4) is 11.4 Å². The molecular formula is C16H23ClN6O. The van der Waals surface area contributed by atoms with E-state index in [9.17, 15) is 4.79 Å². The van der Waals surface area contributed by atoms with Gasteiger partial charge >= 0.3 is 0 Å². The maximum Gasteiger partial charge on any atom is 0.246 e. The number of amides is 1. The van der Waals surface area contributed by atoms with Crippen LogP contribution in [0.2, 0.25) is 0 Å². The molecule has 1 N–H and O–H groups in total. The van der Waals surface area contributed by atoms with Crippen LogP contribution in [0.1, 0.15) is 18.4 Å². The Morgan fingerprint density at radius 3 is 2.54 bits per heavy atom. The van der Waals surface area contributed by atoms with Crippen LogP contribution in [0.4, 0.5) is 0 Å². The van der Waals surface area contributed by atoms with Gasteiger partial charge in [-0.25, -0.2) is 0 Å². The second-order valence-corrected chi connectivity index (χ2v) is 5.95. The highest BCUT2D eigenvalue weighted by Crippen LogP contribution is 2.14. The molecule has 130 valence electrons. The summed E-state index contributed by atoms with van der Waals surface area (Å²) in [5.74, 6) is 0.596. The van der Waals surface area contributed by atoms with Gasteiger partial charge in [0.25, 0.3) is 0 Å². The summed E-state index contributed by atoms with van der Waals surface area (Å²) < 4.78 is 0. The monoisotopic (exact) mass is 350 g/mol. The smallest absolute Gasteiger partial charge is 0.246 e. The Labute approximate surface area is 147 Å². The maximum absolute atomic E-state index is 12.3. The summed E-state index contributed by atoms with van der Waals surface area (Å²) >= 11 is 0. The summed E-state index contributed by atoms with van der Waals surface area (Å²) in [6.07, 6.45) is 1.98. The molecular weight excluding hydrogens is 328 g/mol. The Hall–Kier alpha value is -1.99. The van der Waals surface area contributed by atoms with Crippen LogP contribution in [0, 0.1) is 6.92 Å². The van der Waals surface area contributed by atoms with Crippen molar-refractivity contribution in [2.75, 3.05) is 20.1 Å². The highest BCUT2D eigenvalue weighted by Gasteiger charge is 2.22. The van der Waals surface area contributed by atoms with Gasteiger partial charge in [-0.3, -0.25) is 4.79 Å². The van der Waals surface area contributed by atoms with Crippen LogP contribution >= 0.6 is 12.4 Å². The number of halogens is 1. The number of tetrazole rings is 1. The molecule has 0 spiro atoms. The largest absolute Gasteiger partial charge is 0.341 e. The average molecular weight is 351 g/mol. The molecule has 3 rings (SSSR count). The van der Waals surface area contributed by atoms with Crippen LogP contribution in [0.3, 0.4) is 0 Å². The zero-order valence-electron chi connectivity index (χ0n) is 14.0. The molecule has 2 aromatic rings. The van der Waals surface area contributed by atoms with Crippen molar-refractivity contribution in [1.82, 2.24) is 30.4 Å². The molecule has 8 heteroatoms. The highest BCUT2D eigenvalue weighted by atomic mass is 35.5. The number of benzene rings is 1. The minimum Gasteiger partial charge on any atom is -0.341 e.